The lowest BCUT2D eigenvalue weighted by Crippen LogP contribution is -2.32. The van der Waals surface area contributed by atoms with E-state index in [1.807, 2.05) is 6.26 Å². The number of benzene rings is 1. The first-order valence-electron chi connectivity index (χ1n) is 6.29. The van der Waals surface area contributed by atoms with Gasteiger partial charge in [-0.3, -0.25) is 0 Å². The summed E-state index contributed by atoms with van der Waals surface area (Å²) in [5.41, 5.74) is 6.84. The normalized spacial score (nSPS) is 18.0. The second-order valence-electron chi connectivity index (χ2n) is 4.88. The zero-order valence-corrected chi connectivity index (χ0v) is 11.8. The molecule has 1 aliphatic carbocycles. The van der Waals surface area contributed by atoms with Gasteiger partial charge in [-0.15, -0.1) is 11.8 Å². The monoisotopic (exact) mass is 269 g/mol. The Balaban J connectivity index is 2.57. The van der Waals surface area contributed by atoms with Gasteiger partial charge in [0.1, 0.15) is 11.6 Å². The van der Waals surface area contributed by atoms with Crippen LogP contribution in [-0.4, -0.2) is 19.9 Å². The largest absolute Gasteiger partial charge is 0.495 e. The lowest BCUT2D eigenvalue weighted by Gasteiger charge is -2.30. The molecular formula is C14H20FNOS. The summed E-state index contributed by atoms with van der Waals surface area (Å²) in [7, 11) is 1.65. The van der Waals surface area contributed by atoms with E-state index in [1.165, 1.54) is 17.8 Å². The lowest BCUT2D eigenvalue weighted by atomic mass is 9.78. The molecule has 0 spiro atoms. The minimum Gasteiger partial charge on any atom is -0.495 e. The molecule has 0 atom stereocenters. The van der Waals surface area contributed by atoms with Crippen LogP contribution in [0.25, 0.3) is 0 Å². The smallest absolute Gasteiger partial charge is 0.136 e. The second-order valence-corrected chi connectivity index (χ2v) is 5.73. The highest BCUT2D eigenvalue weighted by Gasteiger charge is 2.37. The van der Waals surface area contributed by atoms with Gasteiger partial charge >= 0.3 is 0 Å². The van der Waals surface area contributed by atoms with Crippen molar-refractivity contribution in [2.75, 3.05) is 19.9 Å². The van der Waals surface area contributed by atoms with Crippen molar-refractivity contribution in [3.05, 3.63) is 23.5 Å². The molecule has 2 nitrogen and oxygen atoms in total. The Labute approximate surface area is 112 Å². The maximum atomic E-state index is 13.8. The molecule has 1 saturated carbocycles. The number of nitrogens with two attached hydrogens (primary N) is 1. The van der Waals surface area contributed by atoms with Crippen LogP contribution in [0.15, 0.2) is 17.0 Å². The molecule has 18 heavy (non-hydrogen) atoms. The van der Waals surface area contributed by atoms with Crippen molar-refractivity contribution in [1.29, 1.82) is 0 Å². The summed E-state index contributed by atoms with van der Waals surface area (Å²) < 4.78 is 19.3. The van der Waals surface area contributed by atoms with Gasteiger partial charge in [0.2, 0.25) is 0 Å². The molecule has 1 aromatic carbocycles. The number of rotatable bonds is 4. The van der Waals surface area contributed by atoms with Gasteiger partial charge in [0, 0.05) is 17.5 Å². The molecule has 0 radical (unpaired) electrons. The van der Waals surface area contributed by atoms with Gasteiger partial charge in [0.25, 0.3) is 0 Å². The third-order valence-electron chi connectivity index (χ3n) is 3.97. The summed E-state index contributed by atoms with van der Waals surface area (Å²) in [5.74, 6) is 0.603. The van der Waals surface area contributed by atoms with E-state index in [0.717, 1.165) is 41.9 Å². The number of halogens is 1. The Morgan fingerprint density at radius 3 is 2.56 bits per heavy atom. The molecule has 0 aromatic heterocycles. The fraction of sp³-hybridized carbons (Fsp3) is 0.571. The van der Waals surface area contributed by atoms with Crippen LogP contribution >= 0.6 is 11.8 Å². The standard InChI is InChI=1S/C14H20FNOS/c1-17-13-11(7-10(15)8-12(13)18-2)14(9-16)5-3-4-6-14/h7-8H,3-6,9,16H2,1-2H3. The molecular weight excluding hydrogens is 249 g/mol. The number of hydrogen-bond acceptors (Lipinski definition) is 3. The summed E-state index contributed by atoms with van der Waals surface area (Å²) in [4.78, 5) is 0.854. The van der Waals surface area contributed by atoms with E-state index in [0.29, 0.717) is 6.54 Å². The minimum absolute atomic E-state index is 0.0993. The topological polar surface area (TPSA) is 35.2 Å². The molecule has 4 heteroatoms. The molecule has 2 rings (SSSR count). The van der Waals surface area contributed by atoms with E-state index >= 15 is 0 Å². The fourth-order valence-electron chi connectivity index (χ4n) is 2.96. The summed E-state index contributed by atoms with van der Waals surface area (Å²) in [6.07, 6.45) is 6.30. The van der Waals surface area contributed by atoms with Crippen molar-refractivity contribution >= 4 is 11.8 Å². The Morgan fingerprint density at radius 2 is 2.06 bits per heavy atom. The molecule has 0 bridgehead atoms. The summed E-state index contributed by atoms with van der Waals surface area (Å²) >= 11 is 1.51. The van der Waals surface area contributed by atoms with Gasteiger partial charge < -0.3 is 10.5 Å². The quantitative estimate of drug-likeness (QED) is 0.852. The van der Waals surface area contributed by atoms with E-state index in [-0.39, 0.29) is 11.2 Å². The Hall–Kier alpha value is -0.740. The zero-order chi connectivity index (χ0) is 13.2. The van der Waals surface area contributed by atoms with Crippen molar-refractivity contribution < 1.29 is 9.13 Å². The molecule has 0 heterocycles. The van der Waals surface area contributed by atoms with Gasteiger partial charge in [-0.25, -0.2) is 4.39 Å². The molecule has 0 saturated heterocycles. The van der Waals surface area contributed by atoms with Gasteiger partial charge in [-0.05, 0) is 31.2 Å². The molecule has 1 fully saturated rings. The van der Waals surface area contributed by atoms with E-state index in [4.69, 9.17) is 10.5 Å². The lowest BCUT2D eigenvalue weighted by molar-refractivity contribution is 0.366. The van der Waals surface area contributed by atoms with Crippen LogP contribution < -0.4 is 10.5 Å². The molecule has 0 unspecified atom stereocenters. The first-order chi connectivity index (χ1) is 8.66. The third-order valence-corrected chi connectivity index (χ3v) is 4.71. The van der Waals surface area contributed by atoms with Crippen molar-refractivity contribution in [2.24, 2.45) is 5.73 Å². The Morgan fingerprint density at radius 1 is 1.39 bits per heavy atom. The Kier molecular flexibility index (Phi) is 4.17. The third kappa shape index (κ3) is 2.24. The summed E-state index contributed by atoms with van der Waals surface area (Å²) in [5, 5.41) is 0. The molecule has 0 amide bonds. The number of thioether (sulfide) groups is 1. The predicted molar refractivity (Wildman–Crippen MR) is 73.9 cm³/mol. The zero-order valence-electron chi connectivity index (χ0n) is 11.0. The second kappa shape index (κ2) is 5.49. The van der Waals surface area contributed by atoms with Crippen molar-refractivity contribution in [1.82, 2.24) is 0 Å². The van der Waals surface area contributed by atoms with Crippen molar-refractivity contribution in [3.8, 4) is 5.75 Å². The molecule has 1 aliphatic rings. The number of hydrogen-bond donors (Lipinski definition) is 1. The molecule has 2 N–H and O–H groups in total. The van der Waals surface area contributed by atoms with Crippen LogP contribution in [0.2, 0.25) is 0 Å². The number of ether oxygens (including phenoxy) is 1. The van der Waals surface area contributed by atoms with Crippen LogP contribution in [0, 0.1) is 5.82 Å². The van der Waals surface area contributed by atoms with E-state index in [9.17, 15) is 4.39 Å². The highest BCUT2D eigenvalue weighted by Crippen LogP contribution is 2.46. The predicted octanol–water partition coefficient (Wildman–Crippen LogP) is 3.33. The molecule has 100 valence electrons. The van der Waals surface area contributed by atoms with Gasteiger partial charge in [-0.1, -0.05) is 12.8 Å². The Bertz CT molecular complexity index is 430. The maximum absolute atomic E-state index is 13.8. The van der Waals surface area contributed by atoms with Crippen molar-refractivity contribution in [3.63, 3.8) is 0 Å². The fourth-order valence-corrected chi connectivity index (χ4v) is 3.57. The van der Waals surface area contributed by atoms with Gasteiger partial charge in [0.05, 0.1) is 12.0 Å². The minimum atomic E-state index is -0.199. The summed E-state index contributed by atoms with van der Waals surface area (Å²) in [6, 6.07) is 3.14. The van der Waals surface area contributed by atoms with E-state index < -0.39 is 0 Å². The van der Waals surface area contributed by atoms with Gasteiger partial charge in [0.15, 0.2) is 0 Å². The summed E-state index contributed by atoms with van der Waals surface area (Å²) in [6.45, 7) is 0.556. The van der Waals surface area contributed by atoms with Crippen LogP contribution in [0.5, 0.6) is 5.75 Å². The van der Waals surface area contributed by atoms with Crippen LogP contribution in [0.3, 0.4) is 0 Å². The molecule has 0 aliphatic heterocycles. The highest BCUT2D eigenvalue weighted by atomic mass is 32.2. The van der Waals surface area contributed by atoms with Gasteiger partial charge in [-0.2, -0.15) is 0 Å². The molecule has 1 aromatic rings. The maximum Gasteiger partial charge on any atom is 0.136 e. The van der Waals surface area contributed by atoms with E-state index in [2.05, 4.69) is 0 Å². The first-order valence-corrected chi connectivity index (χ1v) is 7.51. The SMILES string of the molecule is COc1c(SC)cc(F)cc1C1(CN)CCCC1. The highest BCUT2D eigenvalue weighted by molar-refractivity contribution is 7.98. The average molecular weight is 269 g/mol. The number of methoxy groups -OCH3 is 1. The average Bonchev–Trinajstić information content (AvgIpc) is 2.87. The first kappa shape index (κ1) is 13.7. The van der Waals surface area contributed by atoms with Crippen LogP contribution in [0.4, 0.5) is 4.39 Å². The van der Waals surface area contributed by atoms with E-state index in [1.54, 1.807) is 13.2 Å². The van der Waals surface area contributed by atoms with Crippen LogP contribution in [0.1, 0.15) is 31.2 Å². The van der Waals surface area contributed by atoms with Crippen molar-refractivity contribution in [2.45, 2.75) is 36.0 Å². The van der Waals surface area contributed by atoms with Crippen LogP contribution in [-0.2, 0) is 5.41 Å².